The van der Waals surface area contributed by atoms with Crippen LogP contribution in [0.1, 0.15) is 33.1 Å². The van der Waals surface area contributed by atoms with E-state index >= 15 is 0 Å². The molecule has 0 heterocycles. The first-order valence-electron chi connectivity index (χ1n) is 5.70. The average Bonchev–Trinajstić information content (AvgIpc) is 2.10. The van der Waals surface area contributed by atoms with Gasteiger partial charge in [0.1, 0.15) is 0 Å². The first kappa shape index (κ1) is 10.9. The highest BCUT2D eigenvalue weighted by atomic mass is 16.5. The van der Waals surface area contributed by atoms with Crippen molar-refractivity contribution in [2.45, 2.75) is 39.2 Å². The molecule has 15 heavy (non-hydrogen) atoms. The van der Waals surface area contributed by atoms with E-state index in [9.17, 15) is 9.90 Å². The molecule has 2 aliphatic carbocycles. The van der Waals surface area contributed by atoms with Crippen molar-refractivity contribution in [3.63, 3.8) is 0 Å². The number of aliphatic hydroxyl groups excluding tert-OH is 1. The van der Waals surface area contributed by atoms with Crippen LogP contribution in [0.2, 0.25) is 0 Å². The highest BCUT2D eigenvalue weighted by Gasteiger charge is 2.53. The highest BCUT2D eigenvalue weighted by Crippen LogP contribution is 2.54. The topological polar surface area (TPSA) is 46.5 Å². The van der Waals surface area contributed by atoms with Gasteiger partial charge in [0.2, 0.25) is 0 Å². The number of esters is 1. The van der Waals surface area contributed by atoms with Crippen LogP contribution in [-0.4, -0.2) is 24.3 Å². The second-order valence-corrected chi connectivity index (χ2v) is 5.83. The van der Waals surface area contributed by atoms with E-state index in [0.717, 1.165) is 19.3 Å². The van der Waals surface area contributed by atoms with E-state index in [-0.39, 0.29) is 23.4 Å². The molecule has 2 fully saturated rings. The summed E-state index contributed by atoms with van der Waals surface area (Å²) in [5.41, 5.74) is 0.160. The van der Waals surface area contributed by atoms with E-state index in [1.807, 2.05) is 0 Å². The molecule has 86 valence electrons. The molecular weight excluding hydrogens is 192 g/mol. The van der Waals surface area contributed by atoms with E-state index < -0.39 is 0 Å². The van der Waals surface area contributed by atoms with Gasteiger partial charge in [0.05, 0.1) is 19.1 Å². The number of carbonyl (C=O) groups is 1. The summed E-state index contributed by atoms with van der Waals surface area (Å²) in [5.74, 6) is 0.619. The summed E-state index contributed by atoms with van der Waals surface area (Å²) >= 11 is 0. The molecule has 0 aliphatic heterocycles. The Morgan fingerprint density at radius 3 is 2.60 bits per heavy atom. The number of hydrogen-bond donors (Lipinski definition) is 1. The Morgan fingerprint density at radius 2 is 2.00 bits per heavy atom. The van der Waals surface area contributed by atoms with Crippen molar-refractivity contribution >= 4 is 5.97 Å². The van der Waals surface area contributed by atoms with E-state index in [1.54, 1.807) is 0 Å². The number of ether oxygens (including phenoxy) is 1. The van der Waals surface area contributed by atoms with Gasteiger partial charge in [-0.3, -0.25) is 4.79 Å². The van der Waals surface area contributed by atoms with Gasteiger partial charge in [0, 0.05) is 0 Å². The van der Waals surface area contributed by atoms with Gasteiger partial charge >= 0.3 is 5.97 Å². The highest BCUT2D eigenvalue weighted by molar-refractivity contribution is 5.74. The summed E-state index contributed by atoms with van der Waals surface area (Å²) in [7, 11) is 1.44. The van der Waals surface area contributed by atoms with Crippen LogP contribution in [0.3, 0.4) is 0 Å². The van der Waals surface area contributed by atoms with E-state index in [1.165, 1.54) is 7.11 Å². The molecule has 0 amide bonds. The largest absolute Gasteiger partial charge is 0.469 e. The zero-order valence-electron chi connectivity index (χ0n) is 9.69. The predicted octanol–water partition coefficient (Wildman–Crippen LogP) is 1.59. The predicted molar refractivity (Wildman–Crippen MR) is 56.1 cm³/mol. The first-order chi connectivity index (χ1) is 6.94. The summed E-state index contributed by atoms with van der Waals surface area (Å²) in [4.78, 5) is 11.5. The van der Waals surface area contributed by atoms with Crippen LogP contribution in [-0.2, 0) is 9.53 Å². The van der Waals surface area contributed by atoms with Gasteiger partial charge < -0.3 is 9.84 Å². The molecule has 0 saturated heterocycles. The van der Waals surface area contributed by atoms with Crippen molar-refractivity contribution in [3.05, 3.63) is 0 Å². The summed E-state index contributed by atoms with van der Waals surface area (Å²) in [6, 6.07) is 0. The minimum absolute atomic E-state index is 0.0363. The van der Waals surface area contributed by atoms with Gasteiger partial charge in [-0.2, -0.15) is 0 Å². The molecule has 4 atom stereocenters. The van der Waals surface area contributed by atoms with Crippen molar-refractivity contribution in [2.75, 3.05) is 7.11 Å². The number of aliphatic hydroxyl groups is 1. The fourth-order valence-electron chi connectivity index (χ4n) is 3.34. The number of hydrogen-bond acceptors (Lipinski definition) is 3. The molecular formula is C12H20O3. The second kappa shape index (κ2) is 3.48. The zero-order valence-corrected chi connectivity index (χ0v) is 9.69. The molecule has 1 N–H and O–H groups in total. The molecule has 2 saturated carbocycles. The van der Waals surface area contributed by atoms with Crippen LogP contribution >= 0.6 is 0 Å². The maximum absolute atomic E-state index is 11.5. The Bertz CT molecular complexity index is 272. The quantitative estimate of drug-likeness (QED) is 0.671. The van der Waals surface area contributed by atoms with Crippen LogP contribution in [0.5, 0.6) is 0 Å². The molecule has 0 radical (unpaired) electrons. The third-order valence-corrected chi connectivity index (χ3v) is 4.14. The summed E-state index contributed by atoms with van der Waals surface area (Å²) in [5, 5.41) is 9.96. The molecule has 0 aromatic rings. The van der Waals surface area contributed by atoms with E-state index in [0.29, 0.717) is 11.8 Å². The lowest BCUT2D eigenvalue weighted by Gasteiger charge is -2.53. The van der Waals surface area contributed by atoms with Gasteiger partial charge in [0.15, 0.2) is 0 Å². The van der Waals surface area contributed by atoms with Crippen molar-refractivity contribution in [3.8, 4) is 0 Å². The van der Waals surface area contributed by atoms with Gasteiger partial charge in [-0.25, -0.2) is 0 Å². The lowest BCUT2D eigenvalue weighted by molar-refractivity contribution is -0.168. The van der Waals surface area contributed by atoms with Crippen LogP contribution in [0.4, 0.5) is 0 Å². The maximum Gasteiger partial charge on any atom is 0.308 e. The van der Waals surface area contributed by atoms with Crippen molar-refractivity contribution in [1.82, 2.24) is 0 Å². The van der Waals surface area contributed by atoms with Gasteiger partial charge in [-0.15, -0.1) is 0 Å². The van der Waals surface area contributed by atoms with E-state index in [4.69, 9.17) is 4.74 Å². The Hall–Kier alpha value is -0.570. The van der Waals surface area contributed by atoms with Crippen molar-refractivity contribution < 1.29 is 14.6 Å². The fourth-order valence-corrected chi connectivity index (χ4v) is 3.34. The minimum atomic E-state index is -0.223. The average molecular weight is 212 g/mol. The Labute approximate surface area is 90.8 Å². The molecule has 0 aromatic carbocycles. The lowest BCUT2D eigenvalue weighted by atomic mass is 9.52. The van der Waals surface area contributed by atoms with Crippen LogP contribution in [0, 0.1) is 23.2 Å². The van der Waals surface area contributed by atoms with Gasteiger partial charge in [0.25, 0.3) is 0 Å². The summed E-state index contributed by atoms with van der Waals surface area (Å²) < 4.78 is 4.79. The molecule has 3 heteroatoms. The Morgan fingerprint density at radius 1 is 1.33 bits per heavy atom. The van der Waals surface area contributed by atoms with Gasteiger partial charge in [-0.1, -0.05) is 13.8 Å². The minimum Gasteiger partial charge on any atom is -0.469 e. The molecule has 4 unspecified atom stereocenters. The Balaban J connectivity index is 2.06. The summed E-state index contributed by atoms with van der Waals surface area (Å²) in [6.45, 7) is 4.33. The normalized spacial score (nSPS) is 42.7. The van der Waals surface area contributed by atoms with Crippen LogP contribution < -0.4 is 0 Å². The second-order valence-electron chi connectivity index (χ2n) is 5.83. The maximum atomic E-state index is 11.5. The molecule has 3 nitrogen and oxygen atoms in total. The van der Waals surface area contributed by atoms with Crippen molar-refractivity contribution in [2.24, 2.45) is 23.2 Å². The number of fused-ring (bicyclic) bond motifs is 1. The SMILES string of the molecule is COC(=O)C1CC2C(O)CC(C)(C)CC12. The van der Waals surface area contributed by atoms with E-state index in [2.05, 4.69) is 13.8 Å². The fraction of sp³-hybridized carbons (Fsp3) is 0.917. The molecule has 2 aliphatic rings. The lowest BCUT2D eigenvalue weighted by Crippen LogP contribution is -2.53. The number of rotatable bonds is 1. The van der Waals surface area contributed by atoms with Crippen LogP contribution in [0.25, 0.3) is 0 Å². The molecule has 0 spiro atoms. The monoisotopic (exact) mass is 212 g/mol. The van der Waals surface area contributed by atoms with Gasteiger partial charge in [-0.05, 0) is 36.5 Å². The molecule has 0 aromatic heterocycles. The standard InChI is InChI=1S/C12H20O3/c1-12(2)5-9-7(10(13)6-12)4-8(9)11(14)15-3/h7-10,13H,4-6H2,1-3H3. The third kappa shape index (κ3) is 1.78. The number of carbonyl (C=O) groups excluding carboxylic acids is 1. The number of methoxy groups -OCH3 is 1. The summed E-state index contributed by atoms with van der Waals surface area (Å²) in [6.07, 6.45) is 2.49. The zero-order chi connectivity index (χ0) is 11.2. The van der Waals surface area contributed by atoms with Crippen LogP contribution in [0.15, 0.2) is 0 Å². The Kier molecular flexibility index (Phi) is 2.53. The molecule has 0 bridgehead atoms. The smallest absolute Gasteiger partial charge is 0.308 e. The third-order valence-electron chi connectivity index (χ3n) is 4.14. The van der Waals surface area contributed by atoms with Crippen molar-refractivity contribution in [1.29, 1.82) is 0 Å². The molecule has 2 rings (SSSR count). The first-order valence-corrected chi connectivity index (χ1v) is 5.70.